The Morgan fingerprint density at radius 3 is 2.76 bits per heavy atom. The number of para-hydroxylation sites is 1. The van der Waals surface area contributed by atoms with Gasteiger partial charge in [0.05, 0.1) is 16.7 Å². The highest BCUT2D eigenvalue weighted by Gasteiger charge is 2.29. The second-order valence-corrected chi connectivity index (χ2v) is 5.83. The molecule has 0 aliphatic heterocycles. The molecule has 0 saturated heterocycles. The number of aromatic nitrogens is 1. The van der Waals surface area contributed by atoms with Gasteiger partial charge in [0.1, 0.15) is 11.9 Å². The zero-order valence-electron chi connectivity index (χ0n) is 12.0. The van der Waals surface area contributed by atoms with Crippen LogP contribution in [0.3, 0.4) is 0 Å². The van der Waals surface area contributed by atoms with E-state index >= 15 is 0 Å². The number of nitriles is 1. The predicted octanol–water partition coefficient (Wildman–Crippen LogP) is 3.21. The van der Waals surface area contributed by atoms with Gasteiger partial charge in [-0.1, -0.05) is 37.5 Å². The molecule has 4 nitrogen and oxygen atoms in total. The lowest BCUT2D eigenvalue weighted by Crippen LogP contribution is -2.39. The topological polar surface area (TPSA) is 68.9 Å². The van der Waals surface area contributed by atoms with Crippen LogP contribution in [-0.2, 0) is 0 Å². The number of aliphatic hydroxyl groups is 1. The molecule has 21 heavy (non-hydrogen) atoms. The summed E-state index contributed by atoms with van der Waals surface area (Å²) in [5.41, 5.74) is 0.709. The van der Waals surface area contributed by atoms with Crippen molar-refractivity contribution in [3.8, 4) is 6.07 Å². The van der Waals surface area contributed by atoms with E-state index < -0.39 is 5.60 Å². The molecule has 2 aromatic rings. The number of benzene rings is 1. The molecule has 0 radical (unpaired) electrons. The standard InChI is InChI=1S/C17H19N3O/c18-11-14-10-13-6-2-3-7-15(13)20-16(14)19-12-17(21)8-4-1-5-9-17/h2-3,6-7,10,21H,1,4-5,8-9,12H2,(H,19,20). The van der Waals surface area contributed by atoms with Crippen LogP contribution in [0.4, 0.5) is 5.82 Å². The van der Waals surface area contributed by atoms with E-state index in [4.69, 9.17) is 0 Å². The smallest absolute Gasteiger partial charge is 0.144 e. The van der Waals surface area contributed by atoms with E-state index in [2.05, 4.69) is 16.4 Å². The minimum atomic E-state index is -0.668. The molecule has 4 heteroatoms. The summed E-state index contributed by atoms with van der Waals surface area (Å²) < 4.78 is 0. The Labute approximate surface area is 124 Å². The molecule has 3 rings (SSSR count). The van der Waals surface area contributed by atoms with Crippen LogP contribution in [0.5, 0.6) is 0 Å². The van der Waals surface area contributed by atoms with Gasteiger partial charge in [0.25, 0.3) is 0 Å². The number of nitrogens with one attached hydrogen (secondary N) is 1. The highest BCUT2D eigenvalue weighted by Crippen LogP contribution is 2.29. The van der Waals surface area contributed by atoms with Crippen molar-refractivity contribution in [1.29, 1.82) is 5.26 Å². The van der Waals surface area contributed by atoms with Crippen LogP contribution in [0.2, 0.25) is 0 Å². The molecule has 2 N–H and O–H groups in total. The molecule has 1 aromatic heterocycles. The van der Waals surface area contributed by atoms with E-state index in [1.54, 1.807) is 0 Å². The average Bonchev–Trinajstić information content (AvgIpc) is 2.53. The summed E-state index contributed by atoms with van der Waals surface area (Å²) in [5, 5.41) is 24.0. The third kappa shape index (κ3) is 2.98. The van der Waals surface area contributed by atoms with Gasteiger partial charge in [0, 0.05) is 11.9 Å². The van der Waals surface area contributed by atoms with Crippen molar-refractivity contribution in [2.45, 2.75) is 37.7 Å². The lowest BCUT2D eigenvalue weighted by Gasteiger charge is -2.32. The summed E-state index contributed by atoms with van der Waals surface area (Å²) in [5.74, 6) is 0.565. The Kier molecular flexibility index (Phi) is 3.76. The fourth-order valence-electron chi connectivity index (χ4n) is 2.97. The normalized spacial score (nSPS) is 17.3. The Morgan fingerprint density at radius 2 is 2.00 bits per heavy atom. The van der Waals surface area contributed by atoms with E-state index in [1.165, 1.54) is 6.42 Å². The first-order valence-corrected chi connectivity index (χ1v) is 7.46. The summed E-state index contributed by atoms with van der Waals surface area (Å²) in [4.78, 5) is 4.52. The number of hydrogen-bond donors (Lipinski definition) is 2. The molecule has 0 bridgehead atoms. The highest BCUT2D eigenvalue weighted by molar-refractivity contribution is 5.82. The largest absolute Gasteiger partial charge is 0.388 e. The van der Waals surface area contributed by atoms with Gasteiger partial charge in [-0.05, 0) is 25.0 Å². The highest BCUT2D eigenvalue weighted by atomic mass is 16.3. The number of fused-ring (bicyclic) bond motifs is 1. The minimum absolute atomic E-state index is 0.451. The number of pyridine rings is 1. The van der Waals surface area contributed by atoms with Crippen molar-refractivity contribution in [2.24, 2.45) is 0 Å². The van der Waals surface area contributed by atoms with E-state index in [1.807, 2.05) is 30.3 Å². The fraction of sp³-hybridized carbons (Fsp3) is 0.412. The molecule has 1 saturated carbocycles. The van der Waals surface area contributed by atoms with Crippen molar-refractivity contribution in [3.63, 3.8) is 0 Å². The van der Waals surface area contributed by atoms with Crippen LogP contribution in [0.15, 0.2) is 30.3 Å². The third-order valence-corrected chi connectivity index (χ3v) is 4.21. The monoisotopic (exact) mass is 281 g/mol. The van der Waals surface area contributed by atoms with Crippen molar-refractivity contribution in [3.05, 3.63) is 35.9 Å². The van der Waals surface area contributed by atoms with Gasteiger partial charge < -0.3 is 10.4 Å². The predicted molar refractivity (Wildman–Crippen MR) is 83.0 cm³/mol. The first-order valence-electron chi connectivity index (χ1n) is 7.46. The molecule has 0 amide bonds. The molecule has 1 aliphatic rings. The van der Waals surface area contributed by atoms with Crippen molar-refractivity contribution >= 4 is 16.7 Å². The number of anilines is 1. The Balaban J connectivity index is 1.84. The van der Waals surface area contributed by atoms with Crippen molar-refractivity contribution in [2.75, 3.05) is 11.9 Å². The zero-order chi connectivity index (χ0) is 14.7. The summed E-state index contributed by atoms with van der Waals surface area (Å²) in [6.07, 6.45) is 4.95. The van der Waals surface area contributed by atoms with Gasteiger partial charge in [0.15, 0.2) is 0 Å². The Hall–Kier alpha value is -2.12. The minimum Gasteiger partial charge on any atom is -0.388 e. The third-order valence-electron chi connectivity index (χ3n) is 4.21. The van der Waals surface area contributed by atoms with Crippen LogP contribution < -0.4 is 5.32 Å². The maximum absolute atomic E-state index is 10.5. The number of hydrogen-bond acceptors (Lipinski definition) is 4. The first-order chi connectivity index (χ1) is 10.2. The van der Waals surface area contributed by atoms with Gasteiger partial charge in [-0.25, -0.2) is 4.98 Å². The van der Waals surface area contributed by atoms with Crippen LogP contribution in [0, 0.1) is 11.3 Å². The summed E-state index contributed by atoms with van der Waals surface area (Å²) in [6, 6.07) is 11.8. The van der Waals surface area contributed by atoms with E-state index in [0.717, 1.165) is 36.6 Å². The molecular formula is C17H19N3O. The first kappa shape index (κ1) is 13.8. The average molecular weight is 281 g/mol. The molecule has 1 heterocycles. The zero-order valence-corrected chi connectivity index (χ0v) is 12.0. The van der Waals surface area contributed by atoms with Crippen LogP contribution in [-0.4, -0.2) is 22.2 Å². The second kappa shape index (κ2) is 5.71. The van der Waals surface area contributed by atoms with E-state index in [-0.39, 0.29) is 0 Å². The molecular weight excluding hydrogens is 262 g/mol. The summed E-state index contributed by atoms with van der Waals surface area (Å²) in [7, 11) is 0. The van der Waals surface area contributed by atoms with Crippen LogP contribution in [0.25, 0.3) is 10.9 Å². The summed E-state index contributed by atoms with van der Waals surface area (Å²) in [6.45, 7) is 0.451. The van der Waals surface area contributed by atoms with Gasteiger partial charge in [-0.2, -0.15) is 5.26 Å². The molecule has 1 aliphatic carbocycles. The lowest BCUT2D eigenvalue weighted by atomic mass is 9.85. The molecule has 1 fully saturated rings. The van der Waals surface area contributed by atoms with E-state index in [0.29, 0.717) is 17.9 Å². The van der Waals surface area contributed by atoms with Crippen LogP contribution in [0.1, 0.15) is 37.7 Å². The van der Waals surface area contributed by atoms with Crippen LogP contribution >= 0.6 is 0 Å². The maximum Gasteiger partial charge on any atom is 0.144 e. The Morgan fingerprint density at radius 1 is 1.24 bits per heavy atom. The molecule has 0 atom stereocenters. The van der Waals surface area contributed by atoms with Crippen molar-refractivity contribution in [1.82, 2.24) is 4.98 Å². The maximum atomic E-state index is 10.5. The van der Waals surface area contributed by atoms with Gasteiger partial charge in [0.2, 0.25) is 0 Å². The fourth-order valence-corrected chi connectivity index (χ4v) is 2.97. The SMILES string of the molecule is N#Cc1cc2ccccc2nc1NCC1(O)CCCCC1. The van der Waals surface area contributed by atoms with Gasteiger partial charge >= 0.3 is 0 Å². The Bertz CT molecular complexity index is 684. The second-order valence-electron chi connectivity index (χ2n) is 5.83. The van der Waals surface area contributed by atoms with Gasteiger partial charge in [-0.15, -0.1) is 0 Å². The quantitative estimate of drug-likeness (QED) is 0.906. The number of nitrogens with zero attached hydrogens (tertiary/aromatic N) is 2. The molecule has 1 aromatic carbocycles. The van der Waals surface area contributed by atoms with Crippen molar-refractivity contribution < 1.29 is 5.11 Å². The molecule has 0 spiro atoms. The lowest BCUT2D eigenvalue weighted by molar-refractivity contribution is 0.0166. The molecule has 0 unspecified atom stereocenters. The van der Waals surface area contributed by atoms with E-state index in [9.17, 15) is 10.4 Å². The summed E-state index contributed by atoms with van der Waals surface area (Å²) >= 11 is 0. The number of rotatable bonds is 3. The molecule has 108 valence electrons. The van der Waals surface area contributed by atoms with Gasteiger partial charge in [-0.3, -0.25) is 0 Å².